The van der Waals surface area contributed by atoms with Gasteiger partial charge in [0.05, 0.1) is 11.4 Å². The van der Waals surface area contributed by atoms with E-state index < -0.39 is 5.97 Å². The minimum absolute atomic E-state index is 0.0533. The second kappa shape index (κ2) is 7.49. The van der Waals surface area contributed by atoms with Crippen LogP contribution >= 0.6 is 0 Å². The van der Waals surface area contributed by atoms with E-state index in [0.29, 0.717) is 18.8 Å². The molecule has 1 heterocycles. The van der Waals surface area contributed by atoms with Crippen LogP contribution in [0, 0.1) is 13.8 Å². The fourth-order valence-electron chi connectivity index (χ4n) is 2.12. The van der Waals surface area contributed by atoms with Crippen molar-refractivity contribution >= 4 is 11.9 Å². The van der Waals surface area contributed by atoms with Crippen LogP contribution < -0.4 is 5.32 Å². The molecule has 0 radical (unpaired) electrons. The molecule has 0 spiro atoms. The molecule has 0 amide bonds. The minimum atomic E-state index is -0.806. The summed E-state index contributed by atoms with van der Waals surface area (Å²) in [7, 11) is 0. The van der Waals surface area contributed by atoms with Gasteiger partial charge in [0, 0.05) is 12.5 Å². The third kappa shape index (κ3) is 4.80. The van der Waals surface area contributed by atoms with Crippen LogP contribution in [0.4, 0.5) is 5.95 Å². The van der Waals surface area contributed by atoms with Gasteiger partial charge < -0.3 is 10.4 Å². The molecule has 1 aromatic carbocycles. The second-order valence-electron chi connectivity index (χ2n) is 5.27. The lowest BCUT2D eigenvalue weighted by atomic mass is 10.0. The Kier molecular flexibility index (Phi) is 5.41. The van der Waals surface area contributed by atoms with Crippen LogP contribution in [-0.2, 0) is 11.2 Å². The van der Waals surface area contributed by atoms with Gasteiger partial charge in [-0.3, -0.25) is 4.79 Å². The van der Waals surface area contributed by atoms with Gasteiger partial charge in [0.2, 0.25) is 5.95 Å². The number of anilines is 1. The summed E-state index contributed by atoms with van der Waals surface area (Å²) >= 11 is 0. The number of hydrogen-bond donors (Lipinski definition) is 2. The van der Waals surface area contributed by atoms with E-state index in [1.165, 1.54) is 0 Å². The molecule has 2 N–H and O–H groups in total. The van der Waals surface area contributed by atoms with Gasteiger partial charge in [-0.25, -0.2) is 4.98 Å². The number of carboxylic acid groups (broad SMARTS) is 1. The molecular formula is C16H20N4O2. The van der Waals surface area contributed by atoms with Crippen molar-refractivity contribution < 1.29 is 9.90 Å². The highest BCUT2D eigenvalue weighted by atomic mass is 16.4. The smallest absolute Gasteiger partial charge is 0.303 e. The highest BCUT2D eigenvalue weighted by Crippen LogP contribution is 2.12. The maximum Gasteiger partial charge on any atom is 0.303 e. The standard InChI is InChI=1S/C16H20N4O2/c1-11-12(2)19-20-16(17-11)18-14(8-9-15(21)22)10-13-6-4-3-5-7-13/h3-7,14H,8-10H2,1-2H3,(H,21,22)(H,17,18,20). The van der Waals surface area contributed by atoms with Crippen molar-refractivity contribution in [3.63, 3.8) is 0 Å². The molecule has 6 nitrogen and oxygen atoms in total. The number of aliphatic carboxylic acids is 1. The molecule has 0 aliphatic carbocycles. The van der Waals surface area contributed by atoms with E-state index in [4.69, 9.17) is 5.11 Å². The van der Waals surface area contributed by atoms with Crippen molar-refractivity contribution in [1.29, 1.82) is 0 Å². The molecule has 2 rings (SSSR count). The molecular weight excluding hydrogens is 280 g/mol. The largest absolute Gasteiger partial charge is 0.481 e. The number of hydrogen-bond acceptors (Lipinski definition) is 5. The molecule has 0 bridgehead atoms. The van der Waals surface area contributed by atoms with Gasteiger partial charge in [-0.2, -0.15) is 5.10 Å². The topological polar surface area (TPSA) is 88.0 Å². The van der Waals surface area contributed by atoms with Crippen LogP contribution in [0.25, 0.3) is 0 Å². The summed E-state index contributed by atoms with van der Waals surface area (Å²) in [6.45, 7) is 3.73. The zero-order valence-corrected chi connectivity index (χ0v) is 12.8. The fraction of sp³-hybridized carbons (Fsp3) is 0.375. The second-order valence-corrected chi connectivity index (χ2v) is 5.27. The number of carboxylic acids is 1. The van der Waals surface area contributed by atoms with Crippen molar-refractivity contribution in [1.82, 2.24) is 15.2 Å². The average molecular weight is 300 g/mol. The maximum absolute atomic E-state index is 10.8. The maximum atomic E-state index is 10.8. The molecule has 1 atom stereocenters. The zero-order valence-electron chi connectivity index (χ0n) is 12.8. The van der Waals surface area contributed by atoms with Gasteiger partial charge >= 0.3 is 5.97 Å². The first-order chi connectivity index (χ1) is 10.5. The Hall–Kier alpha value is -2.50. The monoisotopic (exact) mass is 300 g/mol. The number of rotatable bonds is 7. The van der Waals surface area contributed by atoms with Gasteiger partial charge in [-0.05, 0) is 32.3 Å². The lowest BCUT2D eigenvalue weighted by molar-refractivity contribution is -0.137. The predicted octanol–water partition coefficient (Wildman–Crippen LogP) is 2.38. The van der Waals surface area contributed by atoms with Crippen LogP contribution in [-0.4, -0.2) is 32.3 Å². The van der Waals surface area contributed by atoms with Gasteiger partial charge in [-0.15, -0.1) is 5.10 Å². The average Bonchev–Trinajstić information content (AvgIpc) is 2.49. The SMILES string of the molecule is Cc1nnc(NC(CCC(=O)O)Cc2ccccc2)nc1C. The molecule has 0 aliphatic heterocycles. The van der Waals surface area contributed by atoms with Crippen molar-refractivity contribution in [2.24, 2.45) is 0 Å². The molecule has 116 valence electrons. The molecule has 1 aromatic heterocycles. The number of aryl methyl sites for hydroxylation is 2. The highest BCUT2D eigenvalue weighted by molar-refractivity contribution is 5.66. The first kappa shape index (κ1) is 15.9. The lowest BCUT2D eigenvalue weighted by Gasteiger charge is -2.18. The number of benzene rings is 1. The quantitative estimate of drug-likeness (QED) is 0.816. The molecule has 1 unspecified atom stereocenters. The van der Waals surface area contributed by atoms with E-state index in [1.54, 1.807) is 0 Å². The summed E-state index contributed by atoms with van der Waals surface area (Å²) in [5.74, 6) is -0.367. The Morgan fingerprint density at radius 1 is 1.18 bits per heavy atom. The fourth-order valence-corrected chi connectivity index (χ4v) is 2.12. The number of nitrogens with zero attached hydrogens (tertiary/aromatic N) is 3. The van der Waals surface area contributed by atoms with Crippen LogP contribution in [0.1, 0.15) is 29.8 Å². The molecule has 22 heavy (non-hydrogen) atoms. The first-order valence-electron chi connectivity index (χ1n) is 7.25. The minimum Gasteiger partial charge on any atom is -0.481 e. The molecule has 2 aromatic rings. The summed E-state index contributed by atoms with van der Waals surface area (Å²) in [5.41, 5.74) is 2.74. The number of nitrogens with one attached hydrogen (secondary N) is 1. The Morgan fingerprint density at radius 3 is 2.55 bits per heavy atom. The zero-order chi connectivity index (χ0) is 15.9. The summed E-state index contributed by atoms with van der Waals surface area (Å²) in [4.78, 5) is 15.2. The predicted molar refractivity (Wildman–Crippen MR) is 83.7 cm³/mol. The van der Waals surface area contributed by atoms with E-state index in [-0.39, 0.29) is 12.5 Å². The van der Waals surface area contributed by atoms with Crippen LogP contribution in [0.5, 0.6) is 0 Å². The van der Waals surface area contributed by atoms with Gasteiger partial charge in [0.1, 0.15) is 0 Å². The van der Waals surface area contributed by atoms with E-state index in [0.717, 1.165) is 17.0 Å². The third-order valence-corrected chi connectivity index (χ3v) is 3.46. The lowest BCUT2D eigenvalue weighted by Crippen LogP contribution is -2.25. The first-order valence-corrected chi connectivity index (χ1v) is 7.25. The molecule has 0 saturated carbocycles. The van der Waals surface area contributed by atoms with Crippen LogP contribution in [0.15, 0.2) is 30.3 Å². The molecule has 6 heteroatoms. The van der Waals surface area contributed by atoms with Crippen molar-refractivity contribution in [2.75, 3.05) is 5.32 Å². The van der Waals surface area contributed by atoms with Gasteiger partial charge in [0.15, 0.2) is 0 Å². The molecule has 0 fully saturated rings. The Bertz CT molecular complexity index is 631. The van der Waals surface area contributed by atoms with Crippen LogP contribution in [0.3, 0.4) is 0 Å². The Labute approximate surface area is 129 Å². The summed E-state index contributed by atoms with van der Waals surface area (Å²) in [6.07, 6.45) is 1.31. The highest BCUT2D eigenvalue weighted by Gasteiger charge is 2.14. The van der Waals surface area contributed by atoms with E-state index >= 15 is 0 Å². The number of aromatic nitrogens is 3. The van der Waals surface area contributed by atoms with Crippen molar-refractivity contribution in [3.8, 4) is 0 Å². The Morgan fingerprint density at radius 2 is 1.91 bits per heavy atom. The Balaban J connectivity index is 2.09. The van der Waals surface area contributed by atoms with Crippen molar-refractivity contribution in [2.45, 2.75) is 39.2 Å². The normalized spacial score (nSPS) is 11.9. The molecule has 0 aliphatic rings. The van der Waals surface area contributed by atoms with E-state index in [1.807, 2.05) is 44.2 Å². The van der Waals surface area contributed by atoms with E-state index in [9.17, 15) is 4.79 Å². The van der Waals surface area contributed by atoms with Gasteiger partial charge in [-0.1, -0.05) is 30.3 Å². The van der Waals surface area contributed by atoms with E-state index in [2.05, 4.69) is 20.5 Å². The van der Waals surface area contributed by atoms with Gasteiger partial charge in [0.25, 0.3) is 0 Å². The summed E-state index contributed by atoms with van der Waals surface area (Å²) < 4.78 is 0. The third-order valence-electron chi connectivity index (χ3n) is 3.46. The summed E-state index contributed by atoms with van der Waals surface area (Å²) in [6, 6.07) is 9.89. The summed E-state index contributed by atoms with van der Waals surface area (Å²) in [5, 5.41) is 20.2. The van der Waals surface area contributed by atoms with Crippen molar-refractivity contribution in [3.05, 3.63) is 47.3 Å². The van der Waals surface area contributed by atoms with Crippen LogP contribution in [0.2, 0.25) is 0 Å². The number of carbonyl (C=O) groups is 1. The molecule has 0 saturated heterocycles.